The van der Waals surface area contributed by atoms with E-state index in [9.17, 15) is 4.79 Å². The van der Waals surface area contributed by atoms with Crippen LogP contribution in [-0.2, 0) is 6.42 Å². The van der Waals surface area contributed by atoms with Crippen LogP contribution in [0.4, 0.5) is 17.2 Å². The predicted octanol–water partition coefficient (Wildman–Crippen LogP) is 4.43. The van der Waals surface area contributed by atoms with Gasteiger partial charge < -0.3 is 10.2 Å². The van der Waals surface area contributed by atoms with Crippen molar-refractivity contribution in [2.45, 2.75) is 33.2 Å². The van der Waals surface area contributed by atoms with Crippen molar-refractivity contribution in [1.29, 1.82) is 0 Å². The molecule has 1 N–H and O–H groups in total. The molecular weight excluding hydrogens is 336 g/mol. The van der Waals surface area contributed by atoms with E-state index in [2.05, 4.69) is 45.3 Å². The second-order valence-corrected chi connectivity index (χ2v) is 7.08. The Morgan fingerprint density at radius 1 is 1.11 bits per heavy atom. The Morgan fingerprint density at radius 3 is 2.70 bits per heavy atom. The van der Waals surface area contributed by atoms with Gasteiger partial charge in [0.05, 0.1) is 12.4 Å². The Kier molecular flexibility index (Phi) is 4.36. The van der Waals surface area contributed by atoms with Crippen molar-refractivity contribution in [3.8, 4) is 0 Å². The summed E-state index contributed by atoms with van der Waals surface area (Å²) in [5, 5.41) is 2.93. The van der Waals surface area contributed by atoms with Gasteiger partial charge in [0, 0.05) is 17.4 Å². The molecule has 1 atom stereocenters. The summed E-state index contributed by atoms with van der Waals surface area (Å²) >= 11 is 0. The lowest BCUT2D eigenvalue weighted by atomic mass is 10.1. The second-order valence-electron chi connectivity index (χ2n) is 7.08. The highest BCUT2D eigenvalue weighted by atomic mass is 16.1. The lowest BCUT2D eigenvalue weighted by molar-refractivity contribution is 0.102. The summed E-state index contributed by atoms with van der Waals surface area (Å²) in [7, 11) is 0. The van der Waals surface area contributed by atoms with Crippen LogP contribution in [0, 0.1) is 13.8 Å². The number of nitrogens with one attached hydrogen (secondary N) is 1. The molecular formula is C22H22N4O. The minimum Gasteiger partial charge on any atom is -0.322 e. The lowest BCUT2D eigenvalue weighted by Crippen LogP contribution is -2.25. The number of benzene rings is 2. The number of carbonyl (C=O) groups excluding carboxylic acids is 1. The standard InChI is InChI=1S/C22H22N4O/c1-14-8-9-15(2)18(10-14)25-22(27)19-12-24-21(13-23-19)26-16(3)11-17-6-4-5-7-20(17)26/h4-10,12-13,16H,11H2,1-3H3,(H,25,27). The largest absolute Gasteiger partial charge is 0.322 e. The first-order chi connectivity index (χ1) is 13.0. The van der Waals surface area contributed by atoms with Crippen molar-refractivity contribution in [2.75, 3.05) is 10.2 Å². The molecule has 1 aliphatic rings. The molecule has 1 unspecified atom stereocenters. The number of anilines is 3. The van der Waals surface area contributed by atoms with Crippen molar-refractivity contribution in [1.82, 2.24) is 9.97 Å². The lowest BCUT2D eigenvalue weighted by Gasteiger charge is -2.23. The minimum atomic E-state index is -0.252. The maximum atomic E-state index is 12.5. The summed E-state index contributed by atoms with van der Waals surface area (Å²) in [5.74, 6) is 0.508. The van der Waals surface area contributed by atoms with Gasteiger partial charge in [-0.05, 0) is 56.0 Å². The number of para-hydroxylation sites is 1. The van der Waals surface area contributed by atoms with E-state index in [4.69, 9.17) is 0 Å². The van der Waals surface area contributed by atoms with Crippen molar-refractivity contribution < 1.29 is 4.79 Å². The summed E-state index contributed by atoms with van der Waals surface area (Å²) in [5.41, 5.74) is 5.68. The number of rotatable bonds is 3. The molecule has 0 radical (unpaired) electrons. The molecule has 4 rings (SSSR count). The minimum absolute atomic E-state index is 0.252. The number of aromatic nitrogens is 2. The van der Waals surface area contributed by atoms with Crippen LogP contribution in [-0.4, -0.2) is 21.9 Å². The zero-order valence-corrected chi connectivity index (χ0v) is 15.7. The predicted molar refractivity (Wildman–Crippen MR) is 108 cm³/mol. The van der Waals surface area contributed by atoms with Crippen molar-refractivity contribution in [2.24, 2.45) is 0 Å². The summed E-state index contributed by atoms with van der Waals surface area (Å²) in [4.78, 5) is 23.6. The van der Waals surface area contributed by atoms with E-state index in [1.54, 1.807) is 12.4 Å². The Labute approximate surface area is 159 Å². The third-order valence-electron chi connectivity index (χ3n) is 4.97. The van der Waals surface area contributed by atoms with Crippen LogP contribution >= 0.6 is 0 Å². The molecule has 0 bridgehead atoms. The van der Waals surface area contributed by atoms with E-state index in [1.165, 1.54) is 5.56 Å². The Balaban J connectivity index is 1.56. The molecule has 1 amide bonds. The van der Waals surface area contributed by atoms with Crippen LogP contribution in [0.25, 0.3) is 0 Å². The fraction of sp³-hybridized carbons (Fsp3) is 0.227. The van der Waals surface area contributed by atoms with E-state index in [0.29, 0.717) is 11.7 Å². The maximum Gasteiger partial charge on any atom is 0.275 e. The Bertz CT molecular complexity index is 997. The Morgan fingerprint density at radius 2 is 1.93 bits per heavy atom. The first kappa shape index (κ1) is 17.2. The van der Waals surface area contributed by atoms with Crippen LogP contribution in [0.3, 0.4) is 0 Å². The van der Waals surface area contributed by atoms with Gasteiger partial charge in [-0.15, -0.1) is 0 Å². The molecule has 27 heavy (non-hydrogen) atoms. The highest BCUT2D eigenvalue weighted by molar-refractivity contribution is 6.03. The van der Waals surface area contributed by atoms with Gasteiger partial charge in [0.25, 0.3) is 5.91 Å². The first-order valence-electron chi connectivity index (χ1n) is 9.11. The topological polar surface area (TPSA) is 58.1 Å². The fourth-order valence-corrected chi connectivity index (χ4v) is 3.53. The summed E-state index contributed by atoms with van der Waals surface area (Å²) < 4.78 is 0. The number of aryl methyl sites for hydroxylation is 2. The molecule has 0 aliphatic carbocycles. The summed E-state index contributed by atoms with van der Waals surface area (Å²) in [6.07, 6.45) is 4.20. The zero-order chi connectivity index (χ0) is 19.0. The van der Waals surface area contributed by atoms with Gasteiger partial charge >= 0.3 is 0 Å². The van der Waals surface area contributed by atoms with Crippen molar-refractivity contribution >= 4 is 23.1 Å². The number of hydrogen-bond acceptors (Lipinski definition) is 4. The van der Waals surface area contributed by atoms with Gasteiger partial charge in [-0.1, -0.05) is 30.3 Å². The summed E-state index contributed by atoms with van der Waals surface area (Å²) in [6, 6.07) is 14.6. The summed E-state index contributed by atoms with van der Waals surface area (Å²) in [6.45, 7) is 6.14. The quantitative estimate of drug-likeness (QED) is 0.752. The van der Waals surface area contributed by atoms with E-state index in [1.807, 2.05) is 38.1 Å². The highest BCUT2D eigenvalue weighted by Gasteiger charge is 2.28. The third-order valence-corrected chi connectivity index (χ3v) is 4.97. The normalized spacial score (nSPS) is 15.5. The molecule has 0 spiro atoms. The molecule has 2 heterocycles. The van der Waals surface area contributed by atoms with Crippen LogP contribution in [0.5, 0.6) is 0 Å². The maximum absolute atomic E-state index is 12.5. The number of hydrogen-bond donors (Lipinski definition) is 1. The molecule has 5 nitrogen and oxygen atoms in total. The van der Waals surface area contributed by atoms with E-state index in [-0.39, 0.29) is 5.91 Å². The van der Waals surface area contributed by atoms with E-state index in [0.717, 1.165) is 34.7 Å². The van der Waals surface area contributed by atoms with Gasteiger partial charge in [-0.2, -0.15) is 0 Å². The molecule has 0 saturated carbocycles. The fourth-order valence-electron chi connectivity index (χ4n) is 3.53. The van der Waals surface area contributed by atoms with Gasteiger partial charge in [0.2, 0.25) is 0 Å². The van der Waals surface area contributed by atoms with E-state index < -0.39 is 0 Å². The molecule has 1 aliphatic heterocycles. The van der Waals surface area contributed by atoms with E-state index >= 15 is 0 Å². The van der Waals surface area contributed by atoms with Gasteiger partial charge in [-0.25, -0.2) is 9.97 Å². The van der Waals surface area contributed by atoms with Gasteiger partial charge in [-0.3, -0.25) is 4.79 Å². The SMILES string of the molecule is Cc1ccc(C)c(NC(=O)c2cnc(N3c4ccccc4CC3C)cn2)c1. The highest BCUT2D eigenvalue weighted by Crippen LogP contribution is 2.36. The molecule has 2 aromatic carbocycles. The van der Waals surface area contributed by atoms with Gasteiger partial charge in [0.1, 0.15) is 5.69 Å². The molecule has 1 aromatic heterocycles. The van der Waals surface area contributed by atoms with Crippen LogP contribution < -0.4 is 10.2 Å². The smallest absolute Gasteiger partial charge is 0.275 e. The monoisotopic (exact) mass is 358 g/mol. The van der Waals surface area contributed by atoms with Gasteiger partial charge in [0.15, 0.2) is 5.82 Å². The van der Waals surface area contributed by atoms with Crippen LogP contribution in [0.1, 0.15) is 34.1 Å². The molecule has 0 saturated heterocycles. The Hall–Kier alpha value is -3.21. The number of carbonyl (C=O) groups is 1. The molecule has 0 fully saturated rings. The zero-order valence-electron chi connectivity index (χ0n) is 15.7. The second kappa shape index (κ2) is 6.83. The molecule has 3 aromatic rings. The van der Waals surface area contributed by atoms with Crippen molar-refractivity contribution in [3.63, 3.8) is 0 Å². The number of nitrogens with zero attached hydrogens (tertiary/aromatic N) is 3. The number of fused-ring (bicyclic) bond motifs is 1. The average Bonchev–Trinajstić information content (AvgIpc) is 3.00. The molecule has 5 heteroatoms. The van der Waals surface area contributed by atoms with Crippen molar-refractivity contribution in [3.05, 3.63) is 77.2 Å². The third kappa shape index (κ3) is 3.28. The van der Waals surface area contributed by atoms with Crippen LogP contribution in [0.2, 0.25) is 0 Å². The molecule has 136 valence electrons. The average molecular weight is 358 g/mol. The first-order valence-corrected chi connectivity index (χ1v) is 9.11. The number of amides is 1. The van der Waals surface area contributed by atoms with Crippen LogP contribution in [0.15, 0.2) is 54.9 Å².